The highest BCUT2D eigenvalue weighted by molar-refractivity contribution is 9.10. The first kappa shape index (κ1) is 13.8. The van der Waals surface area contributed by atoms with Gasteiger partial charge in [0.2, 0.25) is 0 Å². The molecule has 0 radical (unpaired) electrons. The third-order valence-electron chi connectivity index (χ3n) is 2.79. The van der Waals surface area contributed by atoms with Gasteiger partial charge in [-0.1, -0.05) is 0 Å². The van der Waals surface area contributed by atoms with Gasteiger partial charge < -0.3 is 5.32 Å². The van der Waals surface area contributed by atoms with E-state index < -0.39 is 0 Å². The summed E-state index contributed by atoms with van der Waals surface area (Å²) in [6.45, 7) is 3.82. The molecule has 0 unspecified atom stereocenters. The van der Waals surface area contributed by atoms with Gasteiger partial charge in [0.05, 0.1) is 0 Å². The summed E-state index contributed by atoms with van der Waals surface area (Å²) in [4.78, 5) is 18.3. The lowest BCUT2D eigenvalue weighted by Gasteiger charge is -2.25. The minimum atomic E-state index is -0.117. The molecule has 2 heterocycles. The third kappa shape index (κ3) is 3.96. The Bertz CT molecular complexity index is 410. The summed E-state index contributed by atoms with van der Waals surface area (Å²) in [5, 5.41) is 2.91. The lowest BCUT2D eigenvalue weighted by molar-refractivity contribution is 0.0943. The number of nitrogens with one attached hydrogen (secondary N) is 1. The summed E-state index contributed by atoms with van der Waals surface area (Å²) in [5.74, 6) is 2.27. The minimum Gasteiger partial charge on any atom is -0.349 e. The van der Waals surface area contributed by atoms with Gasteiger partial charge in [-0.15, -0.1) is 0 Å². The Morgan fingerprint density at radius 3 is 3.00 bits per heavy atom. The number of halogens is 1. The van der Waals surface area contributed by atoms with Gasteiger partial charge in [0.1, 0.15) is 5.69 Å². The van der Waals surface area contributed by atoms with E-state index in [1.807, 2.05) is 17.8 Å². The largest absolute Gasteiger partial charge is 0.349 e. The SMILES string of the molecule is O=C(NCCN1CCSCC1)c1ncccc1Br. The Morgan fingerprint density at radius 1 is 1.50 bits per heavy atom. The van der Waals surface area contributed by atoms with Crippen LogP contribution in [0.15, 0.2) is 22.8 Å². The molecule has 1 amide bonds. The number of hydrogen-bond acceptors (Lipinski definition) is 4. The van der Waals surface area contributed by atoms with Crippen molar-refractivity contribution in [2.75, 3.05) is 37.7 Å². The highest BCUT2D eigenvalue weighted by Crippen LogP contribution is 2.12. The molecule has 1 saturated heterocycles. The molecule has 1 aromatic rings. The molecule has 0 saturated carbocycles. The first-order valence-corrected chi connectivity index (χ1v) is 7.91. The average Bonchev–Trinajstić information content (AvgIpc) is 2.40. The molecule has 1 aliphatic heterocycles. The molecule has 1 fully saturated rings. The first-order valence-electron chi connectivity index (χ1n) is 5.96. The van der Waals surface area contributed by atoms with Crippen molar-refractivity contribution in [1.82, 2.24) is 15.2 Å². The van der Waals surface area contributed by atoms with E-state index in [0.29, 0.717) is 12.2 Å². The van der Waals surface area contributed by atoms with Crippen molar-refractivity contribution in [3.8, 4) is 0 Å². The van der Waals surface area contributed by atoms with Gasteiger partial charge in [-0.25, -0.2) is 4.98 Å². The molecule has 1 aromatic heterocycles. The second-order valence-electron chi connectivity index (χ2n) is 4.04. The summed E-state index contributed by atoms with van der Waals surface area (Å²) < 4.78 is 0.733. The van der Waals surface area contributed by atoms with Crippen LogP contribution in [0.25, 0.3) is 0 Å². The predicted octanol–water partition coefficient (Wildman–Crippen LogP) is 1.62. The zero-order chi connectivity index (χ0) is 12.8. The van der Waals surface area contributed by atoms with Crippen LogP contribution in [0.5, 0.6) is 0 Å². The second-order valence-corrected chi connectivity index (χ2v) is 6.12. The number of carbonyl (C=O) groups excluding carboxylic acids is 1. The minimum absolute atomic E-state index is 0.117. The van der Waals surface area contributed by atoms with Crippen LogP contribution in [0.2, 0.25) is 0 Å². The van der Waals surface area contributed by atoms with Crippen LogP contribution in [0, 0.1) is 0 Å². The zero-order valence-electron chi connectivity index (χ0n) is 10.1. The van der Waals surface area contributed by atoms with Crippen LogP contribution >= 0.6 is 27.7 Å². The molecule has 0 bridgehead atoms. The van der Waals surface area contributed by atoms with Crippen LogP contribution in [-0.2, 0) is 0 Å². The van der Waals surface area contributed by atoms with Gasteiger partial charge in [0, 0.05) is 48.4 Å². The van der Waals surface area contributed by atoms with Gasteiger partial charge in [-0.2, -0.15) is 11.8 Å². The fourth-order valence-corrected chi connectivity index (χ4v) is 3.20. The van der Waals surface area contributed by atoms with E-state index in [1.54, 1.807) is 12.3 Å². The van der Waals surface area contributed by atoms with E-state index in [4.69, 9.17) is 0 Å². The van der Waals surface area contributed by atoms with E-state index in [1.165, 1.54) is 11.5 Å². The Kier molecular flexibility index (Phi) is 5.46. The Morgan fingerprint density at radius 2 is 2.28 bits per heavy atom. The Balaban J connectivity index is 1.76. The number of thioether (sulfide) groups is 1. The van der Waals surface area contributed by atoms with E-state index in [2.05, 4.69) is 31.1 Å². The molecule has 0 spiro atoms. The zero-order valence-corrected chi connectivity index (χ0v) is 12.5. The molecule has 0 aliphatic carbocycles. The van der Waals surface area contributed by atoms with Crippen LogP contribution in [-0.4, -0.2) is 53.5 Å². The van der Waals surface area contributed by atoms with Gasteiger partial charge in [-0.05, 0) is 28.1 Å². The molecule has 98 valence electrons. The fourth-order valence-electron chi connectivity index (χ4n) is 1.79. The van der Waals surface area contributed by atoms with Crippen molar-refractivity contribution in [3.63, 3.8) is 0 Å². The molecule has 6 heteroatoms. The number of nitrogens with zero attached hydrogens (tertiary/aromatic N) is 2. The van der Waals surface area contributed by atoms with Gasteiger partial charge >= 0.3 is 0 Å². The first-order chi connectivity index (χ1) is 8.77. The summed E-state index contributed by atoms with van der Waals surface area (Å²) in [6, 6.07) is 3.62. The van der Waals surface area contributed by atoms with E-state index >= 15 is 0 Å². The molecular weight excluding hydrogens is 314 g/mol. The number of carbonyl (C=O) groups is 1. The summed E-state index contributed by atoms with van der Waals surface area (Å²) in [5.41, 5.74) is 0.451. The van der Waals surface area contributed by atoms with Crippen molar-refractivity contribution in [3.05, 3.63) is 28.5 Å². The van der Waals surface area contributed by atoms with Crippen molar-refractivity contribution in [1.29, 1.82) is 0 Å². The second kappa shape index (κ2) is 7.11. The number of amides is 1. The molecular formula is C12H16BrN3OS. The van der Waals surface area contributed by atoms with Crippen LogP contribution in [0.4, 0.5) is 0 Å². The lowest BCUT2D eigenvalue weighted by atomic mass is 10.3. The van der Waals surface area contributed by atoms with Crippen LogP contribution in [0.3, 0.4) is 0 Å². The van der Waals surface area contributed by atoms with Crippen LogP contribution < -0.4 is 5.32 Å². The smallest absolute Gasteiger partial charge is 0.271 e. The van der Waals surface area contributed by atoms with Gasteiger partial charge in [0.25, 0.3) is 5.91 Å². The number of rotatable bonds is 4. The highest BCUT2D eigenvalue weighted by atomic mass is 79.9. The number of hydrogen-bond donors (Lipinski definition) is 1. The Labute approximate surface area is 120 Å². The normalized spacial score (nSPS) is 16.5. The molecule has 1 aliphatic rings. The number of aromatic nitrogens is 1. The van der Waals surface area contributed by atoms with Gasteiger partial charge in [0.15, 0.2) is 0 Å². The average molecular weight is 330 g/mol. The topological polar surface area (TPSA) is 45.2 Å². The molecule has 1 N–H and O–H groups in total. The molecule has 2 rings (SSSR count). The van der Waals surface area contributed by atoms with Gasteiger partial charge in [-0.3, -0.25) is 9.69 Å². The summed E-state index contributed by atoms with van der Waals surface area (Å²) in [6.07, 6.45) is 1.63. The summed E-state index contributed by atoms with van der Waals surface area (Å²) >= 11 is 5.32. The summed E-state index contributed by atoms with van der Waals surface area (Å²) in [7, 11) is 0. The fraction of sp³-hybridized carbons (Fsp3) is 0.500. The maximum Gasteiger partial charge on any atom is 0.271 e. The van der Waals surface area contributed by atoms with Crippen molar-refractivity contribution < 1.29 is 4.79 Å². The Hall–Kier alpha value is -0.590. The number of pyridine rings is 1. The van der Waals surface area contributed by atoms with E-state index in [9.17, 15) is 4.79 Å². The van der Waals surface area contributed by atoms with E-state index in [0.717, 1.165) is 24.1 Å². The predicted molar refractivity (Wildman–Crippen MR) is 78.0 cm³/mol. The maximum atomic E-state index is 11.9. The van der Waals surface area contributed by atoms with Crippen molar-refractivity contribution in [2.45, 2.75) is 0 Å². The lowest BCUT2D eigenvalue weighted by Crippen LogP contribution is -2.39. The van der Waals surface area contributed by atoms with Crippen molar-refractivity contribution in [2.24, 2.45) is 0 Å². The molecule has 0 atom stereocenters. The molecule has 4 nitrogen and oxygen atoms in total. The highest BCUT2D eigenvalue weighted by Gasteiger charge is 2.12. The van der Waals surface area contributed by atoms with Crippen LogP contribution in [0.1, 0.15) is 10.5 Å². The standard InChI is InChI=1S/C12H16BrN3OS/c13-10-2-1-3-14-11(10)12(17)15-4-5-16-6-8-18-9-7-16/h1-3H,4-9H2,(H,15,17). The molecule has 18 heavy (non-hydrogen) atoms. The maximum absolute atomic E-state index is 11.9. The quantitative estimate of drug-likeness (QED) is 0.911. The third-order valence-corrected chi connectivity index (χ3v) is 4.37. The monoisotopic (exact) mass is 329 g/mol. The van der Waals surface area contributed by atoms with E-state index in [-0.39, 0.29) is 5.91 Å². The molecule has 0 aromatic carbocycles. The van der Waals surface area contributed by atoms with Crippen molar-refractivity contribution >= 4 is 33.6 Å².